The zero-order valence-electron chi connectivity index (χ0n) is 10.2. The van der Waals surface area contributed by atoms with Crippen LogP contribution in [0.15, 0.2) is 48.5 Å². The average molecular weight is 257 g/mol. The molecule has 0 spiro atoms. The minimum atomic E-state index is -0.507. The molecule has 0 saturated carbocycles. The van der Waals surface area contributed by atoms with Crippen LogP contribution in [0, 0.1) is 17.0 Å². The fourth-order valence-electron chi connectivity index (χ4n) is 1.60. The third-order valence-corrected chi connectivity index (χ3v) is 2.62. The molecule has 0 aliphatic heterocycles. The first-order chi connectivity index (χ1) is 9.08. The molecule has 96 valence electrons. The molecule has 5 nitrogen and oxygen atoms in total. The second-order valence-corrected chi connectivity index (χ2v) is 3.96. The second kappa shape index (κ2) is 5.30. The van der Waals surface area contributed by atoms with Gasteiger partial charge in [0.2, 0.25) is 0 Å². The molecule has 0 radical (unpaired) electrons. The lowest BCUT2D eigenvalue weighted by molar-refractivity contribution is -0.384. The first-order valence-corrected chi connectivity index (χ1v) is 5.60. The summed E-state index contributed by atoms with van der Waals surface area (Å²) in [6, 6.07) is 12.4. The van der Waals surface area contributed by atoms with Crippen molar-refractivity contribution in [2.45, 2.75) is 6.92 Å². The molecule has 0 heterocycles. The Kier molecular flexibility index (Phi) is 3.56. The zero-order valence-corrected chi connectivity index (χ0v) is 10.2. The zero-order chi connectivity index (χ0) is 13.8. The van der Waals surface area contributed by atoms with E-state index in [9.17, 15) is 14.9 Å². The molecule has 5 heteroatoms. The molecular weight excluding hydrogens is 246 g/mol. The molecular formula is C14H11NO4. The number of benzene rings is 2. The third kappa shape index (κ3) is 2.95. The van der Waals surface area contributed by atoms with Gasteiger partial charge in [-0.1, -0.05) is 18.2 Å². The van der Waals surface area contributed by atoms with Crippen LogP contribution in [-0.4, -0.2) is 10.9 Å². The van der Waals surface area contributed by atoms with Crippen LogP contribution < -0.4 is 4.74 Å². The van der Waals surface area contributed by atoms with Gasteiger partial charge in [-0.2, -0.15) is 0 Å². The van der Waals surface area contributed by atoms with Crippen LogP contribution in [0.2, 0.25) is 0 Å². The van der Waals surface area contributed by atoms with Crippen molar-refractivity contribution in [2.24, 2.45) is 0 Å². The second-order valence-electron chi connectivity index (χ2n) is 3.96. The first kappa shape index (κ1) is 12.8. The molecule has 0 N–H and O–H groups in total. The highest BCUT2D eigenvalue weighted by Crippen LogP contribution is 2.19. The van der Waals surface area contributed by atoms with E-state index in [1.165, 1.54) is 24.3 Å². The Bertz CT molecular complexity index is 620. The Balaban J connectivity index is 2.15. The lowest BCUT2D eigenvalue weighted by atomic mass is 10.1. The van der Waals surface area contributed by atoms with E-state index in [0.717, 1.165) is 5.56 Å². The van der Waals surface area contributed by atoms with Crippen molar-refractivity contribution in [3.8, 4) is 5.75 Å². The number of rotatable bonds is 3. The number of aryl methyl sites for hydroxylation is 1. The SMILES string of the molecule is Cc1ccccc1C(=O)Oc1ccc([N+](=O)[O-])cc1. The number of esters is 1. The predicted molar refractivity (Wildman–Crippen MR) is 69.2 cm³/mol. The van der Waals surface area contributed by atoms with Crippen molar-refractivity contribution in [3.05, 3.63) is 69.8 Å². The van der Waals surface area contributed by atoms with E-state index in [-0.39, 0.29) is 11.4 Å². The van der Waals surface area contributed by atoms with Gasteiger partial charge in [-0.3, -0.25) is 10.1 Å². The predicted octanol–water partition coefficient (Wildman–Crippen LogP) is 3.12. The van der Waals surface area contributed by atoms with E-state index < -0.39 is 10.9 Å². The van der Waals surface area contributed by atoms with Gasteiger partial charge >= 0.3 is 5.97 Å². The van der Waals surface area contributed by atoms with Crippen LogP contribution in [0.5, 0.6) is 5.75 Å². The summed E-state index contributed by atoms with van der Waals surface area (Å²) < 4.78 is 5.15. The molecule has 0 saturated heterocycles. The fourth-order valence-corrected chi connectivity index (χ4v) is 1.60. The summed E-state index contributed by atoms with van der Waals surface area (Å²) in [6.45, 7) is 1.81. The molecule has 0 aliphatic rings. The van der Waals surface area contributed by atoms with Crippen LogP contribution in [0.4, 0.5) is 5.69 Å². The summed E-state index contributed by atoms with van der Waals surface area (Å²) >= 11 is 0. The third-order valence-electron chi connectivity index (χ3n) is 2.62. The van der Waals surface area contributed by atoms with E-state index in [1.54, 1.807) is 12.1 Å². The topological polar surface area (TPSA) is 69.4 Å². The van der Waals surface area contributed by atoms with Gasteiger partial charge in [0, 0.05) is 12.1 Å². The molecule has 2 rings (SSSR count). The Hall–Kier alpha value is -2.69. The monoisotopic (exact) mass is 257 g/mol. The number of hydrogen-bond acceptors (Lipinski definition) is 4. The fraction of sp³-hybridized carbons (Fsp3) is 0.0714. The maximum atomic E-state index is 11.9. The number of carbonyl (C=O) groups excluding carboxylic acids is 1. The summed E-state index contributed by atoms with van der Waals surface area (Å²) in [6.07, 6.45) is 0. The van der Waals surface area contributed by atoms with Gasteiger partial charge in [-0.25, -0.2) is 4.79 Å². The molecule has 0 amide bonds. The van der Waals surface area contributed by atoms with Crippen LogP contribution in [0.3, 0.4) is 0 Å². The van der Waals surface area contributed by atoms with E-state index in [1.807, 2.05) is 19.1 Å². The van der Waals surface area contributed by atoms with Crippen LogP contribution in [0.25, 0.3) is 0 Å². The number of nitrogens with zero attached hydrogens (tertiary/aromatic N) is 1. The van der Waals surface area contributed by atoms with Crippen molar-refractivity contribution < 1.29 is 14.5 Å². The Labute approximate surface area is 109 Å². The van der Waals surface area contributed by atoms with Crippen molar-refractivity contribution in [1.29, 1.82) is 0 Å². The Morgan fingerprint density at radius 2 is 1.74 bits per heavy atom. The molecule has 19 heavy (non-hydrogen) atoms. The van der Waals surface area contributed by atoms with Crippen LogP contribution in [0.1, 0.15) is 15.9 Å². The standard InChI is InChI=1S/C14H11NO4/c1-10-4-2-3-5-13(10)14(16)19-12-8-6-11(7-9-12)15(17)18/h2-9H,1H3. The number of ether oxygens (including phenoxy) is 1. The largest absolute Gasteiger partial charge is 0.423 e. The summed E-state index contributed by atoms with van der Waals surface area (Å²) in [5.41, 5.74) is 1.24. The summed E-state index contributed by atoms with van der Waals surface area (Å²) in [5.74, 6) is -0.203. The summed E-state index contributed by atoms with van der Waals surface area (Å²) in [5, 5.41) is 10.5. The summed E-state index contributed by atoms with van der Waals surface area (Å²) in [7, 11) is 0. The molecule has 0 aliphatic carbocycles. The highest BCUT2D eigenvalue weighted by atomic mass is 16.6. The lowest BCUT2D eigenvalue weighted by Gasteiger charge is -2.06. The van der Waals surface area contributed by atoms with E-state index in [2.05, 4.69) is 0 Å². The van der Waals surface area contributed by atoms with Gasteiger partial charge in [0.15, 0.2) is 0 Å². The minimum absolute atomic E-state index is 0.0457. The van der Waals surface area contributed by atoms with Crippen molar-refractivity contribution in [1.82, 2.24) is 0 Å². The van der Waals surface area contributed by atoms with E-state index >= 15 is 0 Å². The number of nitro groups is 1. The number of nitro benzene ring substituents is 1. The maximum absolute atomic E-state index is 11.9. The minimum Gasteiger partial charge on any atom is -0.423 e. The lowest BCUT2D eigenvalue weighted by Crippen LogP contribution is -2.09. The smallest absolute Gasteiger partial charge is 0.343 e. The van der Waals surface area contributed by atoms with Crippen molar-refractivity contribution in [3.63, 3.8) is 0 Å². The molecule has 2 aromatic rings. The molecule has 0 bridgehead atoms. The normalized spacial score (nSPS) is 9.95. The molecule has 0 atom stereocenters. The number of hydrogen-bond donors (Lipinski definition) is 0. The van der Waals surface area contributed by atoms with Crippen molar-refractivity contribution >= 4 is 11.7 Å². The molecule has 0 unspecified atom stereocenters. The van der Waals surface area contributed by atoms with Crippen LogP contribution in [-0.2, 0) is 0 Å². The van der Waals surface area contributed by atoms with Gasteiger partial charge in [0.1, 0.15) is 5.75 Å². The number of carbonyl (C=O) groups is 1. The van der Waals surface area contributed by atoms with Gasteiger partial charge in [-0.15, -0.1) is 0 Å². The maximum Gasteiger partial charge on any atom is 0.343 e. The first-order valence-electron chi connectivity index (χ1n) is 5.60. The van der Waals surface area contributed by atoms with E-state index in [4.69, 9.17) is 4.74 Å². The van der Waals surface area contributed by atoms with Crippen molar-refractivity contribution in [2.75, 3.05) is 0 Å². The van der Waals surface area contributed by atoms with Gasteiger partial charge < -0.3 is 4.74 Å². The average Bonchev–Trinajstić information content (AvgIpc) is 2.39. The molecule has 0 fully saturated rings. The van der Waals surface area contributed by atoms with Gasteiger partial charge in [0.25, 0.3) is 5.69 Å². The summed E-state index contributed by atoms with van der Waals surface area (Å²) in [4.78, 5) is 21.9. The van der Waals surface area contributed by atoms with E-state index in [0.29, 0.717) is 5.56 Å². The molecule has 0 aromatic heterocycles. The number of non-ortho nitro benzene ring substituents is 1. The van der Waals surface area contributed by atoms with Gasteiger partial charge in [-0.05, 0) is 30.7 Å². The van der Waals surface area contributed by atoms with Crippen LogP contribution >= 0.6 is 0 Å². The highest BCUT2D eigenvalue weighted by molar-refractivity contribution is 5.92. The Morgan fingerprint density at radius 1 is 1.11 bits per heavy atom. The highest BCUT2D eigenvalue weighted by Gasteiger charge is 2.12. The molecule has 2 aromatic carbocycles. The Morgan fingerprint density at radius 3 is 2.32 bits per heavy atom. The quantitative estimate of drug-likeness (QED) is 0.366. The van der Waals surface area contributed by atoms with Gasteiger partial charge in [0.05, 0.1) is 10.5 Å².